The summed E-state index contributed by atoms with van der Waals surface area (Å²) in [5, 5.41) is 9.60. The summed E-state index contributed by atoms with van der Waals surface area (Å²) >= 11 is 0. The fourth-order valence-corrected chi connectivity index (χ4v) is 3.36. The molecule has 2 aliphatic heterocycles. The van der Waals surface area contributed by atoms with E-state index in [1.165, 1.54) is 0 Å². The third kappa shape index (κ3) is 2.29. The van der Waals surface area contributed by atoms with Gasteiger partial charge in [0.2, 0.25) is 5.91 Å². The van der Waals surface area contributed by atoms with E-state index in [1.54, 1.807) is 11.2 Å². The zero-order chi connectivity index (χ0) is 15.7. The summed E-state index contributed by atoms with van der Waals surface area (Å²) in [4.78, 5) is 30.6. The lowest BCUT2D eigenvalue weighted by Crippen LogP contribution is -2.52. The number of hydrogen-bond acceptors (Lipinski definition) is 4. The van der Waals surface area contributed by atoms with Gasteiger partial charge in [0.15, 0.2) is 5.41 Å². The molecule has 1 saturated heterocycles. The van der Waals surface area contributed by atoms with Gasteiger partial charge >= 0.3 is 5.97 Å². The number of aromatic nitrogens is 2. The van der Waals surface area contributed by atoms with Crippen molar-refractivity contribution in [1.29, 1.82) is 0 Å². The van der Waals surface area contributed by atoms with Gasteiger partial charge in [-0.3, -0.25) is 9.59 Å². The molecule has 2 aliphatic rings. The smallest absolute Gasteiger partial charge is 0.319 e. The van der Waals surface area contributed by atoms with E-state index in [4.69, 9.17) is 4.74 Å². The molecule has 0 unspecified atom stereocenters. The van der Waals surface area contributed by atoms with Crippen LogP contribution < -0.4 is 0 Å². The van der Waals surface area contributed by atoms with Gasteiger partial charge in [0.25, 0.3) is 0 Å². The molecule has 22 heavy (non-hydrogen) atoms. The topological polar surface area (TPSA) is 84.7 Å². The first-order chi connectivity index (χ1) is 10.6. The number of carbonyl (C=O) groups is 2. The molecule has 0 aliphatic carbocycles. The first-order valence-electron chi connectivity index (χ1n) is 7.72. The Hall–Kier alpha value is -1.89. The monoisotopic (exact) mass is 307 g/mol. The standard InChI is InChI=1S/C15H21N3O4/c1-2-17-10-16-11-9-18(6-3-12(11)17)13(19)15(14(20)21)4-7-22-8-5-15/h10H,2-9H2,1H3,(H,20,21). The van der Waals surface area contributed by atoms with Crippen LogP contribution in [-0.2, 0) is 33.8 Å². The van der Waals surface area contributed by atoms with E-state index in [1.807, 2.05) is 0 Å². The van der Waals surface area contributed by atoms with E-state index in [0.717, 1.165) is 24.4 Å². The fraction of sp³-hybridized carbons (Fsp3) is 0.667. The minimum absolute atomic E-state index is 0.244. The number of hydrogen-bond donors (Lipinski definition) is 1. The van der Waals surface area contributed by atoms with Crippen molar-refractivity contribution in [2.24, 2.45) is 5.41 Å². The van der Waals surface area contributed by atoms with Crippen LogP contribution in [0.4, 0.5) is 0 Å². The highest BCUT2D eigenvalue weighted by Crippen LogP contribution is 2.34. The van der Waals surface area contributed by atoms with Crippen molar-refractivity contribution in [3.05, 3.63) is 17.7 Å². The van der Waals surface area contributed by atoms with E-state index in [-0.39, 0.29) is 18.7 Å². The van der Waals surface area contributed by atoms with Crippen molar-refractivity contribution in [2.45, 2.75) is 39.3 Å². The molecule has 7 heteroatoms. The minimum Gasteiger partial charge on any atom is -0.480 e. The lowest BCUT2D eigenvalue weighted by Gasteiger charge is -2.37. The Balaban J connectivity index is 1.82. The lowest BCUT2D eigenvalue weighted by atomic mass is 9.78. The maximum absolute atomic E-state index is 12.9. The van der Waals surface area contributed by atoms with Crippen molar-refractivity contribution < 1.29 is 19.4 Å². The third-order valence-corrected chi connectivity index (χ3v) is 4.78. The Kier molecular flexibility index (Phi) is 3.90. The first kappa shape index (κ1) is 15.0. The summed E-state index contributed by atoms with van der Waals surface area (Å²) in [6.07, 6.45) is 3.00. The zero-order valence-corrected chi connectivity index (χ0v) is 12.7. The van der Waals surface area contributed by atoms with Crippen LogP contribution in [0.2, 0.25) is 0 Å². The van der Waals surface area contributed by atoms with Crippen LogP contribution in [0.25, 0.3) is 0 Å². The van der Waals surface area contributed by atoms with Crippen molar-refractivity contribution in [1.82, 2.24) is 14.5 Å². The molecule has 120 valence electrons. The number of amides is 1. The molecule has 0 spiro atoms. The second-order valence-electron chi connectivity index (χ2n) is 5.90. The molecule has 1 amide bonds. The molecule has 1 aromatic rings. The van der Waals surface area contributed by atoms with Crippen LogP contribution in [0.15, 0.2) is 6.33 Å². The Morgan fingerprint density at radius 2 is 2.14 bits per heavy atom. The van der Waals surface area contributed by atoms with Gasteiger partial charge in [-0.1, -0.05) is 0 Å². The van der Waals surface area contributed by atoms with Crippen molar-refractivity contribution >= 4 is 11.9 Å². The number of carboxylic acids is 1. The molecule has 3 heterocycles. The Labute approximate surface area is 128 Å². The quantitative estimate of drug-likeness (QED) is 0.830. The van der Waals surface area contributed by atoms with Gasteiger partial charge in [0.1, 0.15) is 0 Å². The van der Waals surface area contributed by atoms with E-state index in [9.17, 15) is 14.7 Å². The average molecular weight is 307 g/mol. The van der Waals surface area contributed by atoms with Crippen LogP contribution >= 0.6 is 0 Å². The number of nitrogens with zero attached hydrogens (tertiary/aromatic N) is 3. The molecular weight excluding hydrogens is 286 g/mol. The van der Waals surface area contributed by atoms with E-state index >= 15 is 0 Å². The minimum atomic E-state index is -1.33. The SMILES string of the molecule is CCn1cnc2c1CCN(C(=O)C1(C(=O)O)CCOCC1)C2. The maximum atomic E-state index is 12.9. The zero-order valence-electron chi connectivity index (χ0n) is 12.7. The molecule has 0 saturated carbocycles. The molecule has 0 radical (unpaired) electrons. The molecule has 1 N–H and O–H groups in total. The Bertz CT molecular complexity index is 590. The molecule has 7 nitrogen and oxygen atoms in total. The summed E-state index contributed by atoms with van der Waals surface area (Å²) < 4.78 is 7.32. The number of aryl methyl sites for hydroxylation is 1. The number of carbonyl (C=O) groups excluding carboxylic acids is 1. The summed E-state index contributed by atoms with van der Waals surface area (Å²) in [7, 11) is 0. The number of rotatable bonds is 3. The van der Waals surface area contributed by atoms with Crippen molar-refractivity contribution in [2.75, 3.05) is 19.8 Å². The summed E-state index contributed by atoms with van der Waals surface area (Å²) in [5.74, 6) is -1.33. The highest BCUT2D eigenvalue weighted by Gasteiger charge is 2.49. The summed E-state index contributed by atoms with van der Waals surface area (Å²) in [6, 6.07) is 0. The molecule has 1 aromatic heterocycles. The van der Waals surface area contributed by atoms with Crippen LogP contribution in [0.5, 0.6) is 0 Å². The van der Waals surface area contributed by atoms with E-state index in [0.29, 0.717) is 26.3 Å². The van der Waals surface area contributed by atoms with Gasteiger partial charge in [-0.25, -0.2) is 4.98 Å². The maximum Gasteiger partial charge on any atom is 0.319 e. The van der Waals surface area contributed by atoms with Gasteiger partial charge in [0.05, 0.1) is 18.6 Å². The third-order valence-electron chi connectivity index (χ3n) is 4.78. The van der Waals surface area contributed by atoms with Gasteiger partial charge < -0.3 is 19.3 Å². The summed E-state index contributed by atoms with van der Waals surface area (Å²) in [6.45, 7) is 4.50. The number of imidazole rings is 1. The normalized spacial score (nSPS) is 20.5. The Morgan fingerprint density at radius 3 is 2.77 bits per heavy atom. The highest BCUT2D eigenvalue weighted by atomic mass is 16.5. The fourth-order valence-electron chi connectivity index (χ4n) is 3.36. The molecule has 0 atom stereocenters. The molecular formula is C15H21N3O4. The van der Waals surface area contributed by atoms with Crippen molar-refractivity contribution in [3.8, 4) is 0 Å². The van der Waals surface area contributed by atoms with Gasteiger partial charge in [0, 0.05) is 38.4 Å². The van der Waals surface area contributed by atoms with Gasteiger partial charge in [-0.15, -0.1) is 0 Å². The molecule has 3 rings (SSSR count). The van der Waals surface area contributed by atoms with Gasteiger partial charge in [-0.05, 0) is 19.8 Å². The lowest BCUT2D eigenvalue weighted by molar-refractivity contribution is -0.168. The number of aliphatic carboxylic acids is 1. The predicted octanol–water partition coefficient (Wildman–Crippen LogP) is 0.669. The molecule has 1 fully saturated rings. The van der Waals surface area contributed by atoms with E-state index < -0.39 is 11.4 Å². The Morgan fingerprint density at radius 1 is 1.41 bits per heavy atom. The van der Waals surface area contributed by atoms with Crippen LogP contribution in [0, 0.1) is 5.41 Å². The van der Waals surface area contributed by atoms with Crippen LogP contribution in [0.3, 0.4) is 0 Å². The number of ether oxygens (including phenoxy) is 1. The molecule has 0 bridgehead atoms. The predicted molar refractivity (Wildman–Crippen MR) is 77.1 cm³/mol. The first-order valence-corrected chi connectivity index (χ1v) is 7.72. The summed E-state index contributed by atoms with van der Waals surface area (Å²) in [5.41, 5.74) is 0.709. The van der Waals surface area contributed by atoms with Crippen LogP contribution in [-0.4, -0.2) is 51.2 Å². The largest absolute Gasteiger partial charge is 0.480 e. The highest BCUT2D eigenvalue weighted by molar-refractivity contribution is 6.02. The molecule has 0 aromatic carbocycles. The second kappa shape index (κ2) is 5.72. The van der Waals surface area contributed by atoms with Gasteiger partial charge in [-0.2, -0.15) is 0 Å². The number of fused-ring (bicyclic) bond motifs is 1. The van der Waals surface area contributed by atoms with Crippen molar-refractivity contribution in [3.63, 3.8) is 0 Å². The van der Waals surface area contributed by atoms with E-state index in [2.05, 4.69) is 16.5 Å². The average Bonchev–Trinajstić information content (AvgIpc) is 2.96. The second-order valence-corrected chi connectivity index (χ2v) is 5.90. The number of carboxylic acid groups (broad SMARTS) is 1. The van der Waals surface area contributed by atoms with Crippen LogP contribution in [0.1, 0.15) is 31.2 Å².